The molecule has 0 aliphatic heterocycles. The van der Waals surface area contributed by atoms with Crippen LogP contribution >= 0.6 is 23.2 Å². The summed E-state index contributed by atoms with van der Waals surface area (Å²) >= 11 is 11.9. The molecule has 0 radical (unpaired) electrons. The summed E-state index contributed by atoms with van der Waals surface area (Å²) in [5.41, 5.74) is 1.20. The van der Waals surface area contributed by atoms with Crippen LogP contribution in [0, 0.1) is 0 Å². The van der Waals surface area contributed by atoms with Crippen molar-refractivity contribution in [3.63, 3.8) is 0 Å². The summed E-state index contributed by atoms with van der Waals surface area (Å²) in [7, 11) is 0. The second-order valence-corrected chi connectivity index (χ2v) is 6.03. The van der Waals surface area contributed by atoms with E-state index < -0.39 is 0 Å². The van der Waals surface area contributed by atoms with Crippen LogP contribution in [0.2, 0.25) is 10.0 Å². The molecule has 1 aromatic carbocycles. The molecule has 0 saturated carbocycles. The van der Waals surface area contributed by atoms with Crippen LogP contribution in [-0.2, 0) is 5.41 Å². The molecular weight excluding hydrogens is 271 g/mol. The first-order valence-electron chi connectivity index (χ1n) is 5.57. The number of halogens is 2. The largest absolute Gasteiger partial charge is 0.294 e. The number of aromatic amines is 1. The summed E-state index contributed by atoms with van der Waals surface area (Å²) < 4.78 is 1.43. The normalized spacial score (nSPS) is 11.8. The average Bonchev–Trinajstić information content (AvgIpc) is 2.60. The van der Waals surface area contributed by atoms with E-state index >= 15 is 0 Å². The Balaban J connectivity index is 2.58. The van der Waals surface area contributed by atoms with E-state index in [0.717, 1.165) is 5.69 Å². The maximum absolute atomic E-state index is 12.0. The SMILES string of the molecule is CC(C)(C)c1cc(=O)n(-c2ccc(Cl)cc2Cl)[nH]1. The van der Waals surface area contributed by atoms with Gasteiger partial charge in [0.2, 0.25) is 0 Å². The zero-order valence-electron chi connectivity index (χ0n) is 10.4. The van der Waals surface area contributed by atoms with Gasteiger partial charge in [-0.05, 0) is 18.2 Å². The summed E-state index contributed by atoms with van der Waals surface area (Å²) in [5, 5.41) is 4.05. The molecule has 0 unspecified atom stereocenters. The van der Waals surface area contributed by atoms with Crippen molar-refractivity contribution in [3.8, 4) is 5.69 Å². The van der Waals surface area contributed by atoms with Gasteiger partial charge in [-0.2, -0.15) is 0 Å². The van der Waals surface area contributed by atoms with Gasteiger partial charge in [0.05, 0.1) is 10.7 Å². The van der Waals surface area contributed by atoms with Crippen LogP contribution in [0.25, 0.3) is 5.69 Å². The zero-order chi connectivity index (χ0) is 13.5. The highest BCUT2D eigenvalue weighted by Gasteiger charge is 2.18. The Morgan fingerprint density at radius 3 is 2.33 bits per heavy atom. The monoisotopic (exact) mass is 284 g/mol. The first-order chi connectivity index (χ1) is 8.29. The first kappa shape index (κ1) is 13.2. The molecule has 2 aromatic rings. The molecule has 3 nitrogen and oxygen atoms in total. The second kappa shape index (κ2) is 4.48. The van der Waals surface area contributed by atoms with Gasteiger partial charge in [0.15, 0.2) is 0 Å². The predicted molar refractivity (Wildman–Crippen MR) is 75.1 cm³/mol. The van der Waals surface area contributed by atoms with E-state index in [1.807, 2.05) is 20.8 Å². The predicted octanol–water partition coefficient (Wildman–Crippen LogP) is 3.77. The van der Waals surface area contributed by atoms with Crippen molar-refractivity contribution in [1.29, 1.82) is 0 Å². The molecule has 0 aliphatic carbocycles. The number of hydrogen-bond acceptors (Lipinski definition) is 1. The van der Waals surface area contributed by atoms with Crippen LogP contribution in [0.5, 0.6) is 0 Å². The number of rotatable bonds is 1. The van der Waals surface area contributed by atoms with E-state index in [-0.39, 0.29) is 11.0 Å². The first-order valence-corrected chi connectivity index (χ1v) is 6.32. The zero-order valence-corrected chi connectivity index (χ0v) is 11.9. The van der Waals surface area contributed by atoms with E-state index in [1.165, 1.54) is 4.68 Å². The highest BCUT2D eigenvalue weighted by molar-refractivity contribution is 6.35. The van der Waals surface area contributed by atoms with Gasteiger partial charge in [-0.1, -0.05) is 44.0 Å². The van der Waals surface area contributed by atoms with Crippen molar-refractivity contribution < 1.29 is 0 Å². The lowest BCUT2D eigenvalue weighted by Gasteiger charge is -2.15. The Bertz CT molecular complexity index is 635. The van der Waals surface area contributed by atoms with Crippen LogP contribution in [0.4, 0.5) is 0 Å². The minimum Gasteiger partial charge on any atom is -0.294 e. The lowest BCUT2D eigenvalue weighted by molar-refractivity contribution is 0.560. The van der Waals surface area contributed by atoms with Crippen LogP contribution in [0.15, 0.2) is 29.1 Å². The molecule has 0 saturated heterocycles. The summed E-state index contributed by atoms with van der Waals surface area (Å²) in [6.45, 7) is 6.10. The molecule has 0 fully saturated rings. The Labute approximate surface area is 115 Å². The van der Waals surface area contributed by atoms with Crippen LogP contribution in [-0.4, -0.2) is 9.78 Å². The molecule has 0 amide bonds. The van der Waals surface area contributed by atoms with Gasteiger partial charge in [-0.25, -0.2) is 4.68 Å². The van der Waals surface area contributed by atoms with Gasteiger partial charge >= 0.3 is 0 Å². The fourth-order valence-electron chi connectivity index (χ4n) is 1.62. The van der Waals surface area contributed by atoms with Crippen molar-refractivity contribution in [2.75, 3.05) is 0 Å². The molecule has 0 atom stereocenters. The minimum absolute atomic E-state index is 0.122. The van der Waals surface area contributed by atoms with Crippen LogP contribution < -0.4 is 5.56 Å². The molecule has 1 N–H and O–H groups in total. The average molecular weight is 285 g/mol. The maximum Gasteiger partial charge on any atom is 0.271 e. The number of H-pyrrole nitrogens is 1. The highest BCUT2D eigenvalue weighted by Crippen LogP contribution is 2.24. The fourth-order valence-corrected chi connectivity index (χ4v) is 2.11. The number of nitrogens with one attached hydrogen (secondary N) is 1. The van der Waals surface area contributed by atoms with Crippen molar-refractivity contribution >= 4 is 23.2 Å². The third kappa shape index (κ3) is 2.47. The standard InChI is InChI=1S/C13H14Cl2N2O/c1-13(2,3)11-7-12(18)17(16-11)10-5-4-8(14)6-9(10)15/h4-7,16H,1-3H3. The molecule has 18 heavy (non-hydrogen) atoms. The number of aromatic nitrogens is 2. The molecule has 0 bridgehead atoms. The maximum atomic E-state index is 12.0. The van der Waals surface area contributed by atoms with E-state index in [9.17, 15) is 4.79 Å². The summed E-state index contributed by atoms with van der Waals surface area (Å²) in [5.74, 6) is 0. The Hall–Kier alpha value is -1.19. The van der Waals surface area contributed by atoms with Crippen LogP contribution in [0.3, 0.4) is 0 Å². The summed E-state index contributed by atoms with van der Waals surface area (Å²) in [6.07, 6.45) is 0. The van der Waals surface area contributed by atoms with E-state index in [4.69, 9.17) is 23.2 Å². The number of benzene rings is 1. The van der Waals surface area contributed by atoms with E-state index in [0.29, 0.717) is 15.7 Å². The van der Waals surface area contributed by atoms with Gasteiger partial charge in [0.25, 0.3) is 5.56 Å². The number of nitrogens with zero attached hydrogens (tertiary/aromatic N) is 1. The van der Waals surface area contributed by atoms with Crippen molar-refractivity contribution in [2.45, 2.75) is 26.2 Å². The molecule has 96 valence electrons. The van der Waals surface area contributed by atoms with Gasteiger partial charge in [0.1, 0.15) is 0 Å². The Kier molecular flexibility index (Phi) is 3.30. The molecule has 0 spiro atoms. The molecule has 0 aliphatic rings. The Morgan fingerprint density at radius 1 is 1.17 bits per heavy atom. The van der Waals surface area contributed by atoms with Crippen LogP contribution in [0.1, 0.15) is 26.5 Å². The van der Waals surface area contributed by atoms with Crippen molar-refractivity contribution in [3.05, 3.63) is 50.4 Å². The lowest BCUT2D eigenvalue weighted by Crippen LogP contribution is -2.14. The smallest absolute Gasteiger partial charge is 0.271 e. The summed E-state index contributed by atoms with van der Waals surface area (Å²) in [4.78, 5) is 12.0. The minimum atomic E-state index is -0.135. The second-order valence-electron chi connectivity index (χ2n) is 5.19. The fraction of sp³-hybridized carbons (Fsp3) is 0.308. The van der Waals surface area contributed by atoms with E-state index in [1.54, 1.807) is 24.3 Å². The molecule has 2 rings (SSSR count). The third-order valence-corrected chi connectivity index (χ3v) is 3.22. The summed E-state index contributed by atoms with van der Waals surface area (Å²) in [6, 6.07) is 6.62. The topological polar surface area (TPSA) is 37.8 Å². The van der Waals surface area contributed by atoms with Gasteiger partial charge in [-0.15, -0.1) is 0 Å². The molecule has 1 heterocycles. The quantitative estimate of drug-likeness (QED) is 0.851. The number of hydrogen-bond donors (Lipinski definition) is 1. The van der Waals surface area contributed by atoms with Gasteiger partial charge < -0.3 is 0 Å². The lowest BCUT2D eigenvalue weighted by atomic mass is 9.93. The molecular formula is C13H14Cl2N2O. The molecule has 1 aromatic heterocycles. The van der Waals surface area contributed by atoms with E-state index in [2.05, 4.69) is 5.10 Å². The van der Waals surface area contributed by atoms with Crippen molar-refractivity contribution in [1.82, 2.24) is 9.78 Å². The van der Waals surface area contributed by atoms with Crippen molar-refractivity contribution in [2.24, 2.45) is 0 Å². The Morgan fingerprint density at radius 2 is 1.83 bits per heavy atom. The third-order valence-electron chi connectivity index (χ3n) is 2.68. The molecule has 5 heteroatoms. The highest BCUT2D eigenvalue weighted by atomic mass is 35.5. The van der Waals surface area contributed by atoms with Gasteiger partial charge in [0, 0.05) is 22.2 Å². The van der Waals surface area contributed by atoms with Gasteiger partial charge in [-0.3, -0.25) is 9.89 Å².